The number of nitrogens with one attached hydrogen (secondary N) is 2. The van der Waals surface area contributed by atoms with Gasteiger partial charge in [0.15, 0.2) is 5.65 Å². The van der Waals surface area contributed by atoms with E-state index >= 15 is 0 Å². The molecule has 2 heterocycles. The van der Waals surface area contributed by atoms with Crippen molar-refractivity contribution in [3.63, 3.8) is 0 Å². The van der Waals surface area contributed by atoms with Crippen LogP contribution in [-0.4, -0.2) is 27.4 Å². The van der Waals surface area contributed by atoms with E-state index in [1.807, 2.05) is 13.0 Å². The van der Waals surface area contributed by atoms with Crippen LogP contribution in [0.4, 0.5) is 11.5 Å². The number of carbonyl (C=O) groups is 1. The van der Waals surface area contributed by atoms with Crippen LogP contribution in [0.5, 0.6) is 0 Å². The number of amides is 1. The molecule has 0 radical (unpaired) electrons. The van der Waals surface area contributed by atoms with Crippen molar-refractivity contribution in [2.45, 2.75) is 6.92 Å². The molecule has 3 rings (SSSR count). The Hall–Kier alpha value is -2.73. The van der Waals surface area contributed by atoms with Crippen molar-refractivity contribution >= 4 is 40.2 Å². The number of anilines is 2. The molecule has 1 amide bonds. The van der Waals surface area contributed by atoms with Gasteiger partial charge < -0.3 is 10.6 Å². The Bertz CT molecular complexity index is 868. The van der Waals surface area contributed by atoms with Crippen molar-refractivity contribution in [3.05, 3.63) is 53.3 Å². The van der Waals surface area contributed by atoms with Crippen LogP contribution in [0, 0.1) is 6.92 Å². The Morgan fingerprint density at radius 2 is 2.00 bits per heavy atom. The minimum absolute atomic E-state index is 0.0724. The molecule has 6 nitrogen and oxygen atoms in total. The maximum atomic E-state index is 12.0. The van der Waals surface area contributed by atoms with E-state index < -0.39 is 0 Å². The van der Waals surface area contributed by atoms with Crippen molar-refractivity contribution in [1.29, 1.82) is 0 Å². The number of fused-ring (bicyclic) bond motifs is 1. The van der Waals surface area contributed by atoms with Crippen molar-refractivity contribution in [2.75, 3.05) is 17.2 Å². The molecule has 0 unspecified atom stereocenters. The van der Waals surface area contributed by atoms with Gasteiger partial charge in [0.05, 0.1) is 17.3 Å². The fourth-order valence-electron chi connectivity index (χ4n) is 2.04. The molecule has 116 valence electrons. The van der Waals surface area contributed by atoms with E-state index in [4.69, 9.17) is 11.6 Å². The van der Waals surface area contributed by atoms with Crippen LogP contribution in [-0.2, 0) is 4.79 Å². The number of hydrogen-bond donors (Lipinski definition) is 2. The van der Waals surface area contributed by atoms with E-state index in [0.717, 1.165) is 5.56 Å². The summed E-state index contributed by atoms with van der Waals surface area (Å²) in [4.78, 5) is 24.6. The van der Waals surface area contributed by atoms with Gasteiger partial charge >= 0.3 is 0 Å². The van der Waals surface area contributed by atoms with E-state index in [9.17, 15) is 4.79 Å². The number of aromatic nitrogens is 3. The number of rotatable bonds is 4. The minimum atomic E-state index is -0.211. The summed E-state index contributed by atoms with van der Waals surface area (Å²) in [6.07, 6.45) is 3.18. The molecule has 0 fully saturated rings. The summed E-state index contributed by atoms with van der Waals surface area (Å²) in [5.74, 6) is 0.347. The molecule has 2 N–H and O–H groups in total. The summed E-state index contributed by atoms with van der Waals surface area (Å²) in [5, 5.41) is 6.22. The molecule has 0 atom stereocenters. The zero-order valence-corrected chi connectivity index (χ0v) is 13.1. The van der Waals surface area contributed by atoms with E-state index in [2.05, 4.69) is 25.6 Å². The normalized spacial score (nSPS) is 10.5. The first kappa shape index (κ1) is 15.2. The average molecular weight is 328 g/mol. The summed E-state index contributed by atoms with van der Waals surface area (Å²) in [6, 6.07) is 9.02. The summed E-state index contributed by atoms with van der Waals surface area (Å²) >= 11 is 6.09. The van der Waals surface area contributed by atoms with Crippen LogP contribution in [0.3, 0.4) is 0 Å². The van der Waals surface area contributed by atoms with E-state index in [1.54, 1.807) is 36.7 Å². The van der Waals surface area contributed by atoms with Crippen molar-refractivity contribution in [2.24, 2.45) is 0 Å². The number of carbonyl (C=O) groups excluding carboxylic acids is 1. The fourth-order valence-corrected chi connectivity index (χ4v) is 2.32. The Kier molecular flexibility index (Phi) is 4.34. The van der Waals surface area contributed by atoms with Crippen LogP contribution in [0.25, 0.3) is 11.2 Å². The third-order valence-corrected chi connectivity index (χ3v) is 3.47. The number of benzene rings is 1. The standard InChI is InChI=1S/C16H14ClN5O/c1-10-2-3-12(11(17)8-10)21-15(23)9-20-14-5-4-13-16(22-14)19-7-6-18-13/h2-8H,9H2,1H3,(H,21,23)(H,19,20,22). The van der Waals surface area contributed by atoms with E-state index in [1.165, 1.54) is 0 Å². The Labute approximate surface area is 137 Å². The second-order valence-electron chi connectivity index (χ2n) is 4.98. The molecule has 0 saturated heterocycles. The molecular formula is C16H14ClN5O. The zero-order valence-electron chi connectivity index (χ0n) is 12.4. The largest absolute Gasteiger partial charge is 0.361 e. The third kappa shape index (κ3) is 3.73. The predicted molar refractivity (Wildman–Crippen MR) is 90.6 cm³/mol. The Morgan fingerprint density at radius 1 is 1.17 bits per heavy atom. The molecule has 7 heteroatoms. The van der Waals surface area contributed by atoms with Gasteiger partial charge in [-0.3, -0.25) is 9.78 Å². The molecule has 0 saturated carbocycles. The summed E-state index contributed by atoms with van der Waals surface area (Å²) in [7, 11) is 0. The number of nitrogens with zero attached hydrogens (tertiary/aromatic N) is 3. The van der Waals surface area contributed by atoms with Gasteiger partial charge in [-0.15, -0.1) is 0 Å². The molecule has 3 aromatic rings. The van der Waals surface area contributed by atoms with Gasteiger partial charge in [-0.25, -0.2) is 9.97 Å². The Balaban J connectivity index is 1.63. The lowest BCUT2D eigenvalue weighted by molar-refractivity contribution is -0.114. The van der Waals surface area contributed by atoms with Gasteiger partial charge in [-0.2, -0.15) is 0 Å². The summed E-state index contributed by atoms with van der Waals surface area (Å²) < 4.78 is 0. The lowest BCUT2D eigenvalue weighted by Crippen LogP contribution is -2.22. The first-order valence-electron chi connectivity index (χ1n) is 6.99. The topological polar surface area (TPSA) is 79.8 Å². The SMILES string of the molecule is Cc1ccc(NC(=O)CNc2ccc3nccnc3n2)c(Cl)c1. The summed E-state index contributed by atoms with van der Waals surface area (Å²) in [6.45, 7) is 2.01. The van der Waals surface area contributed by atoms with Crippen molar-refractivity contribution in [3.8, 4) is 0 Å². The van der Waals surface area contributed by atoms with Gasteiger partial charge in [0.25, 0.3) is 0 Å². The molecular weight excluding hydrogens is 314 g/mol. The van der Waals surface area contributed by atoms with Crippen LogP contribution in [0.2, 0.25) is 5.02 Å². The molecule has 23 heavy (non-hydrogen) atoms. The molecule has 1 aromatic carbocycles. The van der Waals surface area contributed by atoms with Gasteiger partial charge in [-0.1, -0.05) is 17.7 Å². The fraction of sp³-hybridized carbons (Fsp3) is 0.125. The average Bonchev–Trinajstić information content (AvgIpc) is 2.55. The molecule has 0 spiro atoms. The van der Waals surface area contributed by atoms with E-state index in [-0.39, 0.29) is 12.5 Å². The molecule has 0 aliphatic heterocycles. The molecule has 0 aliphatic carbocycles. The first-order chi connectivity index (χ1) is 11.1. The van der Waals surface area contributed by atoms with Crippen molar-refractivity contribution in [1.82, 2.24) is 15.0 Å². The molecule has 0 aliphatic rings. The Morgan fingerprint density at radius 3 is 2.83 bits per heavy atom. The van der Waals surface area contributed by atoms with Crippen LogP contribution < -0.4 is 10.6 Å². The van der Waals surface area contributed by atoms with Crippen molar-refractivity contribution < 1.29 is 4.79 Å². The van der Waals surface area contributed by atoms with Crippen LogP contribution in [0.15, 0.2) is 42.7 Å². The van der Waals surface area contributed by atoms with Gasteiger partial charge in [0.2, 0.25) is 5.91 Å². The number of hydrogen-bond acceptors (Lipinski definition) is 5. The third-order valence-electron chi connectivity index (χ3n) is 3.16. The maximum absolute atomic E-state index is 12.0. The number of halogens is 1. The van der Waals surface area contributed by atoms with Gasteiger partial charge in [0.1, 0.15) is 11.3 Å². The first-order valence-corrected chi connectivity index (χ1v) is 7.37. The highest BCUT2D eigenvalue weighted by molar-refractivity contribution is 6.33. The highest BCUT2D eigenvalue weighted by Crippen LogP contribution is 2.22. The van der Waals surface area contributed by atoms with Crippen LogP contribution in [0.1, 0.15) is 5.56 Å². The predicted octanol–water partition coefficient (Wildman–Crippen LogP) is 3.04. The minimum Gasteiger partial charge on any atom is -0.361 e. The second-order valence-corrected chi connectivity index (χ2v) is 5.39. The molecule has 2 aromatic heterocycles. The lowest BCUT2D eigenvalue weighted by atomic mass is 10.2. The quantitative estimate of drug-likeness (QED) is 0.770. The van der Waals surface area contributed by atoms with E-state index in [0.29, 0.717) is 27.7 Å². The number of pyridine rings is 1. The second kappa shape index (κ2) is 6.58. The van der Waals surface area contributed by atoms with Crippen LogP contribution >= 0.6 is 11.6 Å². The molecule has 0 bridgehead atoms. The highest BCUT2D eigenvalue weighted by Gasteiger charge is 2.07. The summed E-state index contributed by atoms with van der Waals surface area (Å²) in [5.41, 5.74) is 2.85. The lowest BCUT2D eigenvalue weighted by Gasteiger charge is -2.09. The highest BCUT2D eigenvalue weighted by atomic mass is 35.5. The van der Waals surface area contributed by atoms with Gasteiger partial charge in [-0.05, 0) is 36.8 Å². The number of aryl methyl sites for hydroxylation is 1. The smallest absolute Gasteiger partial charge is 0.243 e. The maximum Gasteiger partial charge on any atom is 0.243 e. The zero-order chi connectivity index (χ0) is 16.2. The van der Waals surface area contributed by atoms with Gasteiger partial charge in [0, 0.05) is 12.4 Å². The monoisotopic (exact) mass is 327 g/mol.